The predicted octanol–water partition coefficient (Wildman–Crippen LogP) is 2.76. The maximum atomic E-state index is 14.5. The summed E-state index contributed by atoms with van der Waals surface area (Å²) in [4.78, 5) is 139. The predicted molar refractivity (Wildman–Crippen MR) is 390 cm³/mol. The summed E-state index contributed by atoms with van der Waals surface area (Å²) in [6, 6.07) is 11.9. The Morgan fingerprint density at radius 1 is 0.761 bits per heavy atom. The Bertz CT molecular complexity index is 4020. The third kappa shape index (κ3) is 26.5. The van der Waals surface area contributed by atoms with Crippen molar-refractivity contribution in [1.82, 2.24) is 49.9 Å². The van der Waals surface area contributed by atoms with E-state index in [1.807, 2.05) is 0 Å². The number of rotatable bonds is 41. The number of fused-ring (bicyclic) bond motifs is 4. The van der Waals surface area contributed by atoms with Gasteiger partial charge in [0.15, 0.2) is 17.4 Å². The second kappa shape index (κ2) is 42.7. The van der Waals surface area contributed by atoms with Crippen molar-refractivity contribution >= 4 is 102 Å². The van der Waals surface area contributed by atoms with Gasteiger partial charge in [-0.1, -0.05) is 56.4 Å². The number of thiol groups is 1. The van der Waals surface area contributed by atoms with Gasteiger partial charge in [0.1, 0.15) is 56.0 Å². The Labute approximate surface area is 636 Å². The van der Waals surface area contributed by atoms with Crippen molar-refractivity contribution in [1.29, 1.82) is 0 Å². The molecule has 2 bridgehead atoms. The van der Waals surface area contributed by atoms with Gasteiger partial charge in [-0.05, 0) is 60.4 Å². The van der Waals surface area contributed by atoms with Gasteiger partial charge in [-0.15, -0.1) is 0 Å². The molecule has 596 valence electrons. The number of nitrogens with zero attached hydrogens (tertiary/aromatic N) is 7. The highest BCUT2D eigenvalue weighted by Crippen LogP contribution is 2.58. The number of benzene rings is 2. The van der Waals surface area contributed by atoms with Crippen molar-refractivity contribution in [3.05, 3.63) is 113 Å². The van der Waals surface area contributed by atoms with Crippen LogP contribution in [-0.2, 0) is 119 Å². The van der Waals surface area contributed by atoms with Crippen LogP contribution in [0, 0.1) is 11.8 Å². The van der Waals surface area contributed by atoms with Crippen LogP contribution in [0.2, 0.25) is 0 Å². The highest BCUT2D eigenvalue weighted by atomic mass is 32.7. The lowest BCUT2D eigenvalue weighted by molar-refractivity contribution is -0.141. The monoisotopic (exact) mass is 1600 g/mol. The molecule has 0 radical (unpaired) electrons. The van der Waals surface area contributed by atoms with Gasteiger partial charge < -0.3 is 87.5 Å². The molecule has 2 saturated heterocycles. The summed E-state index contributed by atoms with van der Waals surface area (Å²) in [7, 11) is 1.61. The highest BCUT2D eigenvalue weighted by Gasteiger charge is 2.51. The summed E-state index contributed by atoms with van der Waals surface area (Å²) in [6.07, 6.45) is -1.72. The minimum absolute atomic E-state index is 0.0166. The van der Waals surface area contributed by atoms with Crippen molar-refractivity contribution < 1.29 is 118 Å². The number of hydrogen-bond acceptors (Lipinski definition) is 30. The largest absolute Gasteiger partial charge is 0.474 e. The number of aliphatic hydroxyl groups excluding tert-OH is 1. The van der Waals surface area contributed by atoms with E-state index in [0.29, 0.717) is 89.5 Å². The Morgan fingerprint density at radius 3 is 2.02 bits per heavy atom. The molecule has 9 rings (SSSR count). The van der Waals surface area contributed by atoms with E-state index in [-0.39, 0.29) is 94.1 Å². The highest BCUT2D eigenvalue weighted by molar-refractivity contribution is 8.44. The molecule has 42 heteroatoms. The fourth-order valence-corrected chi connectivity index (χ4v) is 14.3. The Kier molecular flexibility index (Phi) is 33.4. The number of carbonyl (C=O) groups excluding carboxylic acids is 7. The van der Waals surface area contributed by atoms with Gasteiger partial charge in [-0.2, -0.15) is 4.98 Å². The molecule has 38 nitrogen and oxygen atoms in total. The summed E-state index contributed by atoms with van der Waals surface area (Å²) in [6.45, 7) is -0.571. The molecule has 7 amide bonds. The molecule has 2 unspecified atom stereocenters. The molecule has 7 N–H and O–H groups in total. The van der Waals surface area contributed by atoms with E-state index in [4.69, 9.17) is 82.0 Å². The second-order valence-electron chi connectivity index (χ2n) is 25.2. The molecular weight excluding hydrogens is 1510 g/mol. The number of carbonyl (C=O) groups is 7. The van der Waals surface area contributed by atoms with Crippen molar-refractivity contribution in [2.75, 3.05) is 143 Å². The lowest BCUT2D eigenvalue weighted by atomic mass is 10.0. The number of amides is 7. The molecule has 6 heterocycles. The summed E-state index contributed by atoms with van der Waals surface area (Å²) >= 11 is 9.71. The van der Waals surface area contributed by atoms with Crippen molar-refractivity contribution in [2.24, 2.45) is 11.8 Å². The normalized spacial score (nSPS) is 22.6. The zero-order valence-electron chi connectivity index (χ0n) is 60.2. The molecule has 11 atom stereocenters. The van der Waals surface area contributed by atoms with Crippen molar-refractivity contribution in [2.45, 2.75) is 95.6 Å². The SMILES string of the molecule is COCCOCCOCCOCCOCCOCCOCCOCCN(Cc1ccccc1C(=O)Nc1nc2c(ncn2[C@@H]2O[C@@H]3COP(=O)(S)O[C@H]4C[C@H](Oc5ccncn5)C[C@@H]4COP(O)(=S)O[C@@H]2[C@@H]3O)c(=O)[nH]1)C(=O)OCc1ccc(NC(=O)[C@H](C)NC(=O)[C@@H](NC(=O)CN2C(=O)C=CC2=O)C(C)C)cc1. The molecule has 0 spiro atoms. The zero-order chi connectivity index (χ0) is 77.9. The average Bonchev–Trinajstić information content (AvgIpc) is 1.61. The zero-order valence-corrected chi connectivity index (χ0v) is 63.7. The first-order chi connectivity index (χ1) is 52.4. The quantitative estimate of drug-likeness (QED) is 0.0121. The number of methoxy groups -OCH3 is 1. The van der Waals surface area contributed by atoms with Crippen molar-refractivity contribution in [3.8, 4) is 5.88 Å². The number of hydrogen-bond donors (Lipinski definition) is 8. The standard InChI is InChI=1S/C67H90N12O26P2S2/c1-42(2)56(73-52(80)36-78-54(81)13-14-55(78)82)63(86)71-43(3)61(84)72-47-11-9-44(10-12-47)37-99-67(88)77(17-18-92-21-22-94-25-26-96-29-30-98-32-31-97-28-27-95-24-23-93-20-19-91-4)35-45-7-5-6-8-49(45)62(85)75-66-74-60-57(64(87)76-66)70-41-79(60)65-59-58(83)51(103-65)39-101-106(89,108)104-50-34-48(102-53-15-16-68-40-69-53)33-46(50)38-100-107(90,109)105-59/h5-16,40-43,46,48,50-51,56,58-59,65,83H,17-39H2,1-4H3,(H,71,86)(H,72,84)(H,73,80)(H,89,108)(H,90,109)(H2,74,75,76,85,87)/t43-,46+,48+,50-,51+,56-,58+,59+,65+,106?,107?/m0/s1. The van der Waals surface area contributed by atoms with Gasteiger partial charge in [-0.25, -0.2) is 24.3 Å². The van der Waals surface area contributed by atoms with Crippen LogP contribution in [0.1, 0.15) is 61.3 Å². The minimum Gasteiger partial charge on any atom is -0.474 e. The van der Waals surface area contributed by atoms with Gasteiger partial charge in [0, 0.05) is 68.2 Å². The van der Waals surface area contributed by atoms with Crippen LogP contribution in [0.25, 0.3) is 11.2 Å². The number of aromatic nitrogens is 6. The summed E-state index contributed by atoms with van der Waals surface area (Å²) in [5.41, 5.74) is -0.115. The number of anilines is 2. The van der Waals surface area contributed by atoms with E-state index in [1.54, 1.807) is 69.5 Å². The topological polar surface area (TPSA) is 459 Å². The minimum atomic E-state index is -4.29. The van der Waals surface area contributed by atoms with Gasteiger partial charge in [0.05, 0.1) is 125 Å². The molecule has 3 fully saturated rings. The first-order valence-electron chi connectivity index (χ1n) is 34.9. The van der Waals surface area contributed by atoms with Crippen LogP contribution >= 0.6 is 25.8 Å². The number of imide groups is 1. The molecule has 3 aromatic heterocycles. The fourth-order valence-electron chi connectivity index (χ4n) is 11.3. The third-order valence-electron chi connectivity index (χ3n) is 16.9. The Balaban J connectivity index is 0.805. The van der Waals surface area contributed by atoms with Crippen LogP contribution < -0.4 is 31.6 Å². The summed E-state index contributed by atoms with van der Waals surface area (Å²) < 4.78 is 101. The maximum absolute atomic E-state index is 14.5. The number of imidazole rings is 1. The van der Waals surface area contributed by atoms with E-state index in [2.05, 4.69) is 58.4 Å². The number of ether oxygens (including phenoxy) is 11. The van der Waals surface area contributed by atoms with E-state index < -0.39 is 134 Å². The number of aliphatic hydroxyl groups is 1. The van der Waals surface area contributed by atoms with E-state index in [0.717, 1.165) is 23.4 Å². The third-order valence-corrected chi connectivity index (χ3v) is 20.1. The molecule has 1 aliphatic carbocycles. The molecule has 1 saturated carbocycles. The molecule has 4 aliphatic rings. The molecule has 5 aromatic rings. The lowest BCUT2D eigenvalue weighted by Crippen LogP contribution is -2.55. The van der Waals surface area contributed by atoms with E-state index in [9.17, 15) is 52.9 Å². The van der Waals surface area contributed by atoms with Crippen LogP contribution in [0.3, 0.4) is 0 Å². The maximum Gasteiger partial charge on any atom is 0.410 e. The Morgan fingerprint density at radius 2 is 1.39 bits per heavy atom. The first kappa shape index (κ1) is 85.3. The molecular formula is C67H90N12O26P2S2. The van der Waals surface area contributed by atoms with E-state index >= 15 is 0 Å². The molecule has 109 heavy (non-hydrogen) atoms. The number of H-pyrrole nitrogens is 1. The van der Waals surface area contributed by atoms with Gasteiger partial charge in [0.2, 0.25) is 29.5 Å². The lowest BCUT2D eigenvalue weighted by Gasteiger charge is -2.27. The first-order valence-corrected chi connectivity index (χ1v) is 40.1. The molecule has 2 aromatic carbocycles. The van der Waals surface area contributed by atoms with Gasteiger partial charge >= 0.3 is 19.6 Å². The Hall–Kier alpha value is -7.67. The second-order valence-corrected chi connectivity index (χ2v) is 30.9. The summed E-state index contributed by atoms with van der Waals surface area (Å²) in [5.74, 6) is -5.29. The number of aromatic amines is 1. The number of nitrogens with one attached hydrogen (secondary N) is 5. The molecule has 3 aliphatic heterocycles. The van der Waals surface area contributed by atoms with Gasteiger partial charge in [-0.3, -0.25) is 66.9 Å². The van der Waals surface area contributed by atoms with Crippen LogP contribution in [0.4, 0.5) is 16.4 Å². The smallest absolute Gasteiger partial charge is 0.410 e. The van der Waals surface area contributed by atoms with Gasteiger partial charge in [0.25, 0.3) is 23.3 Å². The fraction of sp³-hybridized carbons (Fsp3) is 0.552. The van der Waals surface area contributed by atoms with Crippen LogP contribution in [0.5, 0.6) is 5.88 Å². The van der Waals surface area contributed by atoms with Crippen LogP contribution in [-0.4, -0.2) is 266 Å². The van der Waals surface area contributed by atoms with Crippen LogP contribution in [0.15, 0.2) is 90.4 Å². The van der Waals surface area contributed by atoms with Crippen molar-refractivity contribution in [3.63, 3.8) is 0 Å². The van der Waals surface area contributed by atoms with E-state index in [1.165, 1.54) is 35.0 Å². The summed E-state index contributed by atoms with van der Waals surface area (Å²) in [5, 5.41) is 22.2. The average molecular weight is 1610 g/mol.